The fourth-order valence-electron chi connectivity index (χ4n) is 4.71. The SMILES string of the molecule is C=CCOC(=O)C1=C(C)NC(SCC(=O)Nc2ccc(C)c(C)c2)=C(C#N)[C@H]1c1ccc(OCc2ccccc2)c(OC)c1. The first-order chi connectivity index (χ1) is 21.2. The maximum atomic E-state index is 13.3. The van der Waals surface area contributed by atoms with Crippen molar-refractivity contribution in [3.8, 4) is 17.6 Å². The van der Waals surface area contributed by atoms with Crippen LogP contribution in [0, 0.1) is 25.2 Å². The molecule has 0 bridgehead atoms. The van der Waals surface area contributed by atoms with Gasteiger partial charge in [-0.15, -0.1) is 0 Å². The van der Waals surface area contributed by atoms with Crippen molar-refractivity contribution in [3.05, 3.63) is 124 Å². The average molecular weight is 610 g/mol. The van der Waals surface area contributed by atoms with Crippen LogP contribution >= 0.6 is 11.8 Å². The molecule has 1 aliphatic heterocycles. The van der Waals surface area contributed by atoms with Gasteiger partial charge in [0.2, 0.25) is 5.91 Å². The number of esters is 1. The zero-order valence-corrected chi connectivity index (χ0v) is 26.0. The van der Waals surface area contributed by atoms with Crippen LogP contribution in [0.4, 0.5) is 5.69 Å². The molecule has 0 spiro atoms. The van der Waals surface area contributed by atoms with Crippen LogP contribution in [0.1, 0.15) is 35.1 Å². The summed E-state index contributed by atoms with van der Waals surface area (Å²) >= 11 is 1.19. The molecule has 1 heterocycles. The second-order valence-corrected chi connectivity index (χ2v) is 11.1. The van der Waals surface area contributed by atoms with Gasteiger partial charge in [-0.25, -0.2) is 4.79 Å². The van der Waals surface area contributed by atoms with Gasteiger partial charge in [0.15, 0.2) is 11.5 Å². The van der Waals surface area contributed by atoms with E-state index in [9.17, 15) is 14.9 Å². The highest BCUT2D eigenvalue weighted by molar-refractivity contribution is 8.03. The minimum Gasteiger partial charge on any atom is -0.493 e. The van der Waals surface area contributed by atoms with Gasteiger partial charge in [0.05, 0.1) is 41.0 Å². The molecule has 0 aromatic heterocycles. The Bertz CT molecular complexity index is 1660. The van der Waals surface area contributed by atoms with Crippen LogP contribution in [-0.2, 0) is 20.9 Å². The minimum absolute atomic E-state index is 0.0176. The largest absolute Gasteiger partial charge is 0.493 e. The summed E-state index contributed by atoms with van der Waals surface area (Å²) in [5, 5.41) is 17.0. The summed E-state index contributed by atoms with van der Waals surface area (Å²) in [6.07, 6.45) is 1.48. The highest BCUT2D eigenvalue weighted by Gasteiger charge is 2.36. The number of carbonyl (C=O) groups excluding carboxylic acids is 2. The number of nitrogens with zero attached hydrogens (tertiary/aromatic N) is 1. The van der Waals surface area contributed by atoms with E-state index >= 15 is 0 Å². The number of nitrogens with one attached hydrogen (secondary N) is 2. The van der Waals surface area contributed by atoms with Gasteiger partial charge in [-0.05, 0) is 67.3 Å². The van der Waals surface area contributed by atoms with Gasteiger partial charge in [-0.1, -0.05) is 66.9 Å². The molecule has 2 N–H and O–H groups in total. The van der Waals surface area contributed by atoms with Crippen molar-refractivity contribution in [3.63, 3.8) is 0 Å². The van der Waals surface area contributed by atoms with Gasteiger partial charge >= 0.3 is 5.97 Å². The monoisotopic (exact) mass is 609 g/mol. The second kappa shape index (κ2) is 15.0. The molecule has 1 aliphatic rings. The van der Waals surface area contributed by atoms with Gasteiger partial charge in [0.1, 0.15) is 13.2 Å². The Balaban J connectivity index is 1.64. The van der Waals surface area contributed by atoms with Crippen molar-refractivity contribution >= 4 is 29.3 Å². The number of dihydropyridines is 1. The van der Waals surface area contributed by atoms with Gasteiger partial charge in [-0.3, -0.25) is 4.79 Å². The summed E-state index contributed by atoms with van der Waals surface area (Å²) in [6.45, 7) is 9.73. The summed E-state index contributed by atoms with van der Waals surface area (Å²) in [7, 11) is 1.54. The molecule has 0 radical (unpaired) electrons. The first kappa shape index (κ1) is 32.0. The molecule has 4 rings (SSSR count). The van der Waals surface area contributed by atoms with E-state index in [0.717, 1.165) is 16.7 Å². The molecule has 3 aromatic rings. The van der Waals surface area contributed by atoms with Crippen LogP contribution in [-0.4, -0.2) is 31.3 Å². The van der Waals surface area contributed by atoms with Gasteiger partial charge in [0.25, 0.3) is 0 Å². The number of thioether (sulfide) groups is 1. The van der Waals surface area contributed by atoms with E-state index in [4.69, 9.17) is 14.2 Å². The number of allylic oxidation sites excluding steroid dienone is 2. The highest BCUT2D eigenvalue weighted by Crippen LogP contribution is 2.43. The van der Waals surface area contributed by atoms with E-state index in [1.54, 1.807) is 25.1 Å². The van der Waals surface area contributed by atoms with Crippen LogP contribution in [0.15, 0.2) is 101 Å². The van der Waals surface area contributed by atoms with Crippen molar-refractivity contribution in [1.82, 2.24) is 5.32 Å². The Labute approximate surface area is 262 Å². The zero-order chi connectivity index (χ0) is 31.6. The van der Waals surface area contributed by atoms with Gasteiger partial charge in [0, 0.05) is 11.4 Å². The van der Waals surface area contributed by atoms with E-state index in [-0.39, 0.29) is 29.4 Å². The molecule has 226 valence electrons. The van der Waals surface area contributed by atoms with Crippen molar-refractivity contribution in [2.45, 2.75) is 33.3 Å². The molecular formula is C35H35N3O5S. The first-order valence-corrected chi connectivity index (χ1v) is 15.0. The van der Waals surface area contributed by atoms with Crippen LogP contribution in [0.25, 0.3) is 0 Å². The highest BCUT2D eigenvalue weighted by atomic mass is 32.2. The number of hydrogen-bond acceptors (Lipinski definition) is 8. The number of benzene rings is 3. The Morgan fingerprint density at radius 1 is 1.05 bits per heavy atom. The maximum Gasteiger partial charge on any atom is 0.337 e. The molecule has 1 atom stereocenters. The summed E-state index contributed by atoms with van der Waals surface area (Å²) < 4.78 is 17.1. The van der Waals surface area contributed by atoms with Crippen molar-refractivity contribution < 1.29 is 23.8 Å². The summed E-state index contributed by atoms with van der Waals surface area (Å²) in [5.41, 5.74) is 5.63. The predicted molar refractivity (Wildman–Crippen MR) is 173 cm³/mol. The van der Waals surface area contributed by atoms with E-state index in [1.165, 1.54) is 24.9 Å². The number of carbonyl (C=O) groups is 2. The van der Waals surface area contributed by atoms with Crippen molar-refractivity contribution in [2.75, 3.05) is 24.8 Å². The average Bonchev–Trinajstić information content (AvgIpc) is 3.03. The Morgan fingerprint density at radius 2 is 1.82 bits per heavy atom. The van der Waals surface area contributed by atoms with E-state index in [1.807, 2.05) is 62.4 Å². The van der Waals surface area contributed by atoms with Crippen molar-refractivity contribution in [2.24, 2.45) is 0 Å². The smallest absolute Gasteiger partial charge is 0.337 e. The van der Waals surface area contributed by atoms with Gasteiger partial charge in [-0.2, -0.15) is 5.26 Å². The fraction of sp³-hybridized carbons (Fsp3) is 0.229. The number of methoxy groups -OCH3 is 1. The Hall–Kier alpha value is -4.94. The Morgan fingerprint density at radius 3 is 2.50 bits per heavy atom. The number of aryl methyl sites for hydroxylation is 2. The fourth-order valence-corrected chi connectivity index (χ4v) is 5.61. The Kier molecular flexibility index (Phi) is 10.9. The van der Waals surface area contributed by atoms with Gasteiger partial charge < -0.3 is 24.8 Å². The van der Waals surface area contributed by atoms with Crippen LogP contribution < -0.4 is 20.1 Å². The topological polar surface area (TPSA) is 110 Å². The summed E-state index contributed by atoms with van der Waals surface area (Å²) in [4.78, 5) is 26.2. The van der Waals surface area contributed by atoms with Crippen LogP contribution in [0.3, 0.4) is 0 Å². The molecular weight excluding hydrogens is 574 g/mol. The predicted octanol–water partition coefficient (Wildman–Crippen LogP) is 6.69. The number of rotatable bonds is 12. The number of ether oxygens (including phenoxy) is 3. The zero-order valence-electron chi connectivity index (χ0n) is 25.2. The number of nitriles is 1. The molecule has 0 aliphatic carbocycles. The minimum atomic E-state index is -0.777. The van der Waals surface area contributed by atoms with Crippen LogP contribution in [0.5, 0.6) is 11.5 Å². The number of hydrogen-bond donors (Lipinski definition) is 2. The lowest BCUT2D eigenvalue weighted by molar-refractivity contribution is -0.138. The standard InChI is InChI=1S/C35H35N3O5S/c1-6-16-42-35(40)32-24(4)37-34(44-21-31(39)38-27-14-12-22(2)23(3)17-27)28(19-36)33(32)26-13-15-29(30(18-26)41-5)43-20-25-10-8-7-9-11-25/h6-15,17-18,33,37H,1,16,20-21H2,2-5H3,(H,38,39)/t33-/m1/s1. The first-order valence-electron chi connectivity index (χ1n) is 14.0. The lowest BCUT2D eigenvalue weighted by Gasteiger charge is -2.29. The molecule has 8 nitrogen and oxygen atoms in total. The third-order valence-corrected chi connectivity index (χ3v) is 8.11. The maximum absolute atomic E-state index is 13.3. The molecule has 0 unspecified atom stereocenters. The lowest BCUT2D eigenvalue weighted by atomic mass is 9.82. The molecule has 0 saturated heterocycles. The normalized spacial score (nSPS) is 14.3. The van der Waals surface area contributed by atoms with Crippen LogP contribution in [0.2, 0.25) is 0 Å². The third kappa shape index (κ3) is 7.71. The molecule has 9 heteroatoms. The lowest BCUT2D eigenvalue weighted by Crippen LogP contribution is -2.29. The van der Waals surface area contributed by atoms with E-state index in [2.05, 4.69) is 23.3 Å². The van der Waals surface area contributed by atoms with Crippen molar-refractivity contribution in [1.29, 1.82) is 5.26 Å². The molecule has 1 amide bonds. The quantitative estimate of drug-likeness (QED) is 0.173. The number of anilines is 1. The summed E-state index contributed by atoms with van der Waals surface area (Å²) in [5.74, 6) is -0.556. The molecule has 3 aromatic carbocycles. The second-order valence-electron chi connectivity index (χ2n) is 10.2. The summed E-state index contributed by atoms with van der Waals surface area (Å²) in [6, 6.07) is 23.1. The molecule has 0 fully saturated rings. The number of amides is 1. The molecule has 44 heavy (non-hydrogen) atoms. The van der Waals surface area contributed by atoms with E-state index in [0.29, 0.717) is 40.1 Å². The molecule has 0 saturated carbocycles. The van der Waals surface area contributed by atoms with E-state index < -0.39 is 11.9 Å². The third-order valence-electron chi connectivity index (χ3n) is 7.10.